The van der Waals surface area contributed by atoms with Gasteiger partial charge >= 0.3 is 0 Å². The summed E-state index contributed by atoms with van der Waals surface area (Å²) in [5.74, 6) is 0.199. The van der Waals surface area contributed by atoms with Gasteiger partial charge in [0, 0.05) is 19.0 Å². The van der Waals surface area contributed by atoms with Gasteiger partial charge in [-0.3, -0.25) is 19.5 Å². The minimum absolute atomic E-state index is 0.0399. The summed E-state index contributed by atoms with van der Waals surface area (Å²) in [6.07, 6.45) is 8.48. The molecule has 1 aromatic carbocycles. The Hall–Kier alpha value is -2.44. The number of carbonyl (C=O) groups is 1. The zero-order valence-corrected chi connectivity index (χ0v) is 23.1. The fourth-order valence-corrected chi connectivity index (χ4v) is 4.39. The van der Waals surface area contributed by atoms with Crippen LogP contribution < -0.4 is 20.1 Å². The van der Waals surface area contributed by atoms with Gasteiger partial charge in [0.1, 0.15) is 0 Å². The lowest BCUT2D eigenvalue weighted by Crippen LogP contribution is -2.24. The number of nitrogens with zero attached hydrogens (tertiary/aromatic N) is 1. The van der Waals surface area contributed by atoms with Gasteiger partial charge in [-0.1, -0.05) is 39.0 Å². The van der Waals surface area contributed by atoms with Crippen LogP contribution in [0.5, 0.6) is 11.5 Å². The van der Waals surface area contributed by atoms with Gasteiger partial charge in [0.15, 0.2) is 11.5 Å². The van der Waals surface area contributed by atoms with Crippen LogP contribution in [0.15, 0.2) is 12.1 Å². The Morgan fingerprint density at radius 3 is 2.38 bits per heavy atom. The molecule has 0 heterocycles. The minimum Gasteiger partial charge on any atom is -0.493 e. The summed E-state index contributed by atoms with van der Waals surface area (Å²) in [4.78, 5) is 23.2. The van der Waals surface area contributed by atoms with Gasteiger partial charge in [-0.05, 0) is 45.2 Å². The van der Waals surface area contributed by atoms with Crippen LogP contribution in [0.1, 0.15) is 89.7 Å². The molecule has 1 atom stereocenters. The second-order valence-electron chi connectivity index (χ2n) is 9.06. The molecule has 0 saturated carbocycles. The molecule has 0 spiro atoms. The lowest BCUT2D eigenvalue weighted by Gasteiger charge is -2.17. The van der Waals surface area contributed by atoms with E-state index >= 15 is 0 Å². The molecule has 1 aromatic rings. The number of benzene rings is 1. The normalized spacial score (nSPS) is 12.2. The molecule has 1 amide bonds. The lowest BCUT2D eigenvalue weighted by molar-refractivity contribution is -0.385. The highest BCUT2D eigenvalue weighted by Crippen LogP contribution is 2.37. The summed E-state index contributed by atoms with van der Waals surface area (Å²) in [6.45, 7) is 5.22. The van der Waals surface area contributed by atoms with Crippen LogP contribution in [-0.4, -0.2) is 56.4 Å². The van der Waals surface area contributed by atoms with Crippen molar-refractivity contribution in [2.45, 2.75) is 84.1 Å². The predicted molar refractivity (Wildman–Crippen MR) is 143 cm³/mol. The van der Waals surface area contributed by atoms with Crippen molar-refractivity contribution in [2.75, 3.05) is 32.6 Å². The van der Waals surface area contributed by atoms with Crippen LogP contribution in [0, 0.1) is 10.1 Å². The van der Waals surface area contributed by atoms with Crippen LogP contribution in [0.2, 0.25) is 0 Å². The van der Waals surface area contributed by atoms with Crippen molar-refractivity contribution in [2.24, 2.45) is 0 Å². The zero-order chi connectivity index (χ0) is 27.7. The van der Waals surface area contributed by atoms with Gasteiger partial charge in [0.25, 0.3) is 15.8 Å². The summed E-state index contributed by atoms with van der Waals surface area (Å²) in [5.41, 5.74) is 0.267. The number of carbonyl (C=O) groups excluding carboxylic acids is 1. The molecule has 12 heteroatoms. The average Bonchev–Trinajstić information content (AvgIpc) is 2.84. The smallest absolute Gasteiger partial charge is 0.278 e. The van der Waals surface area contributed by atoms with E-state index in [4.69, 9.17) is 14.0 Å². The second-order valence-corrected chi connectivity index (χ2v) is 10.6. The van der Waals surface area contributed by atoms with E-state index in [1.807, 2.05) is 0 Å². The molecule has 3 N–H and O–H groups in total. The van der Waals surface area contributed by atoms with E-state index in [2.05, 4.69) is 17.6 Å². The first-order chi connectivity index (χ1) is 17.6. The number of methoxy groups -OCH3 is 1. The number of ether oxygens (including phenoxy) is 2. The number of nitrogens with one attached hydrogen (secondary N) is 2. The van der Waals surface area contributed by atoms with Crippen LogP contribution in [0.4, 0.5) is 5.69 Å². The number of hydrogen-bond donors (Lipinski definition) is 3. The first-order valence-corrected chi connectivity index (χ1v) is 14.6. The molecule has 212 valence electrons. The topological polar surface area (TPSA) is 157 Å². The Morgan fingerprint density at radius 2 is 1.73 bits per heavy atom. The molecular formula is C25H43N3O8S. The Balaban J connectivity index is 2.56. The van der Waals surface area contributed by atoms with Crippen molar-refractivity contribution in [3.05, 3.63) is 27.8 Å². The Kier molecular flexibility index (Phi) is 15.8. The Labute approximate surface area is 220 Å². The molecule has 0 radical (unpaired) electrons. The van der Waals surface area contributed by atoms with Gasteiger partial charge in [-0.15, -0.1) is 0 Å². The van der Waals surface area contributed by atoms with Crippen LogP contribution in [-0.2, 0) is 14.9 Å². The maximum atomic E-state index is 12.0. The van der Waals surface area contributed by atoms with E-state index in [9.17, 15) is 23.3 Å². The standard InChI is InChI=1S/C25H43N3O8S/c1-4-5-6-7-8-9-15-27-25(29)13-12-16-36-24-19-22(28(30)31)21(18-23(24)35-3)20(2)26-14-10-11-17-37(32,33)34/h18-20,26H,4-17H2,1-3H3,(H,27,29)(H,32,33,34). The van der Waals surface area contributed by atoms with Gasteiger partial charge in [-0.2, -0.15) is 8.42 Å². The summed E-state index contributed by atoms with van der Waals surface area (Å²) in [7, 11) is -2.56. The quantitative estimate of drug-likeness (QED) is 0.0871. The summed E-state index contributed by atoms with van der Waals surface area (Å²) >= 11 is 0. The maximum absolute atomic E-state index is 12.0. The fourth-order valence-electron chi connectivity index (χ4n) is 3.82. The highest BCUT2D eigenvalue weighted by Gasteiger charge is 2.23. The third kappa shape index (κ3) is 14.2. The van der Waals surface area contributed by atoms with E-state index in [1.54, 1.807) is 13.0 Å². The fraction of sp³-hybridized carbons (Fsp3) is 0.720. The highest BCUT2D eigenvalue weighted by molar-refractivity contribution is 7.85. The van der Waals surface area contributed by atoms with Crippen molar-refractivity contribution in [1.29, 1.82) is 0 Å². The monoisotopic (exact) mass is 545 g/mol. The molecule has 0 aromatic heterocycles. The Bertz CT molecular complexity index is 940. The van der Waals surface area contributed by atoms with Crippen molar-refractivity contribution >= 4 is 21.7 Å². The summed E-state index contributed by atoms with van der Waals surface area (Å²) in [5, 5.41) is 17.8. The number of unbranched alkanes of at least 4 members (excludes halogenated alkanes) is 6. The molecule has 0 aliphatic rings. The van der Waals surface area contributed by atoms with Crippen molar-refractivity contribution < 1.29 is 32.2 Å². The number of nitro groups is 1. The molecule has 0 aliphatic heterocycles. The van der Waals surface area contributed by atoms with Crippen LogP contribution in [0.3, 0.4) is 0 Å². The molecular weight excluding hydrogens is 502 g/mol. The number of rotatable bonds is 21. The van der Waals surface area contributed by atoms with Crippen LogP contribution in [0.25, 0.3) is 0 Å². The molecule has 1 rings (SSSR count). The van der Waals surface area contributed by atoms with E-state index in [-0.39, 0.29) is 36.1 Å². The van der Waals surface area contributed by atoms with Crippen molar-refractivity contribution in [1.82, 2.24) is 10.6 Å². The number of nitro benzene ring substituents is 1. The number of amides is 1. The van der Waals surface area contributed by atoms with E-state index in [0.717, 1.165) is 12.8 Å². The summed E-state index contributed by atoms with van der Waals surface area (Å²) < 4.78 is 41.5. The molecule has 11 nitrogen and oxygen atoms in total. The van der Waals surface area contributed by atoms with E-state index < -0.39 is 21.1 Å². The number of hydrogen-bond acceptors (Lipinski definition) is 8. The minimum atomic E-state index is -4.00. The zero-order valence-electron chi connectivity index (χ0n) is 22.3. The maximum Gasteiger partial charge on any atom is 0.278 e. The van der Waals surface area contributed by atoms with Gasteiger partial charge < -0.3 is 20.1 Å². The Morgan fingerprint density at radius 1 is 1.05 bits per heavy atom. The molecule has 0 bridgehead atoms. The van der Waals surface area contributed by atoms with Crippen LogP contribution >= 0.6 is 0 Å². The molecule has 0 saturated heterocycles. The first-order valence-electron chi connectivity index (χ1n) is 13.0. The molecule has 1 unspecified atom stereocenters. The third-order valence-electron chi connectivity index (χ3n) is 5.91. The van der Waals surface area contributed by atoms with Gasteiger partial charge in [0.05, 0.1) is 36.0 Å². The van der Waals surface area contributed by atoms with E-state index in [0.29, 0.717) is 43.7 Å². The predicted octanol–water partition coefficient (Wildman–Crippen LogP) is 4.56. The van der Waals surface area contributed by atoms with E-state index in [1.165, 1.54) is 38.9 Å². The molecule has 0 fully saturated rings. The molecule has 0 aliphatic carbocycles. The SMILES string of the molecule is CCCCCCCCNC(=O)CCCOc1cc([N+](=O)[O-])c(C(C)NCCCCS(=O)(=O)O)cc1OC. The largest absolute Gasteiger partial charge is 0.493 e. The third-order valence-corrected chi connectivity index (χ3v) is 6.72. The first kappa shape index (κ1) is 32.6. The lowest BCUT2D eigenvalue weighted by atomic mass is 10.0. The molecule has 37 heavy (non-hydrogen) atoms. The highest BCUT2D eigenvalue weighted by atomic mass is 32.2. The van der Waals surface area contributed by atoms with Crippen molar-refractivity contribution in [3.63, 3.8) is 0 Å². The van der Waals surface area contributed by atoms with Crippen molar-refractivity contribution in [3.8, 4) is 11.5 Å². The van der Waals surface area contributed by atoms with Gasteiger partial charge in [-0.25, -0.2) is 0 Å². The summed E-state index contributed by atoms with van der Waals surface area (Å²) in [6, 6.07) is 2.46. The van der Waals surface area contributed by atoms with Gasteiger partial charge in [0.2, 0.25) is 5.91 Å². The average molecular weight is 546 g/mol. The second kappa shape index (κ2) is 17.9.